The first-order valence-corrected chi connectivity index (χ1v) is 12.3. The van der Waals surface area contributed by atoms with Crippen molar-refractivity contribution in [2.24, 2.45) is 5.10 Å². The van der Waals surface area contributed by atoms with Crippen LogP contribution in [0.5, 0.6) is 5.75 Å². The van der Waals surface area contributed by atoms with Gasteiger partial charge in [-0.05, 0) is 71.6 Å². The number of halogens is 1. The third kappa shape index (κ3) is 7.23. The van der Waals surface area contributed by atoms with E-state index in [4.69, 9.17) is 16.3 Å². The number of nitrogens with zero attached hydrogens (tertiary/aromatic N) is 1. The topological polar surface area (TPSA) is 96.9 Å². The van der Waals surface area contributed by atoms with Crippen LogP contribution in [-0.2, 0) is 4.79 Å². The smallest absolute Gasteiger partial charge is 0.345 e. The molecule has 7 nitrogen and oxygen atoms in total. The Bertz CT molecular complexity index is 1450. The summed E-state index contributed by atoms with van der Waals surface area (Å²) < 4.78 is 5.35. The Kier molecular flexibility index (Phi) is 8.59. The highest BCUT2D eigenvalue weighted by atomic mass is 35.5. The number of hydrogen-bond donors (Lipinski definition) is 2. The lowest BCUT2D eigenvalue weighted by molar-refractivity contribution is -0.117. The summed E-state index contributed by atoms with van der Waals surface area (Å²) in [5, 5.41) is 8.81. The summed E-state index contributed by atoms with van der Waals surface area (Å²) in [5.74, 6) is -1.23. The molecule has 0 fully saturated rings. The van der Waals surface area contributed by atoms with Crippen molar-refractivity contribution in [3.05, 3.63) is 129 Å². The van der Waals surface area contributed by atoms with E-state index in [1.807, 2.05) is 17.5 Å². The maximum atomic E-state index is 12.8. The average Bonchev–Trinajstić information content (AvgIpc) is 3.43. The molecule has 0 saturated carbocycles. The maximum absolute atomic E-state index is 12.8. The summed E-state index contributed by atoms with van der Waals surface area (Å²) >= 11 is 7.46. The van der Waals surface area contributed by atoms with Gasteiger partial charge in [-0.1, -0.05) is 48.0 Å². The Hall–Kier alpha value is -4.53. The average molecular weight is 530 g/mol. The monoisotopic (exact) mass is 529 g/mol. The van der Waals surface area contributed by atoms with Crippen LogP contribution in [0.3, 0.4) is 0 Å². The zero-order valence-corrected chi connectivity index (χ0v) is 20.8. The van der Waals surface area contributed by atoms with E-state index in [1.165, 1.54) is 17.6 Å². The van der Waals surface area contributed by atoms with Crippen LogP contribution in [0.25, 0.3) is 6.08 Å². The minimum Gasteiger partial charge on any atom is -0.423 e. The molecule has 0 aliphatic rings. The number of esters is 1. The summed E-state index contributed by atoms with van der Waals surface area (Å²) in [7, 11) is 0. The second-order valence-corrected chi connectivity index (χ2v) is 8.92. The van der Waals surface area contributed by atoms with Crippen LogP contribution >= 0.6 is 22.9 Å². The quantitative estimate of drug-likeness (QED) is 0.103. The molecular formula is C28H20ClN3O4S. The molecule has 9 heteroatoms. The first-order valence-electron chi connectivity index (χ1n) is 11.0. The SMILES string of the molecule is O=C(N/N=C/c1ccc(OC(=O)c2ccccc2Cl)cc1)/C(=C/c1cccs1)NC(=O)c1ccccc1. The molecule has 0 aliphatic heterocycles. The molecule has 0 radical (unpaired) electrons. The first kappa shape index (κ1) is 25.6. The summed E-state index contributed by atoms with van der Waals surface area (Å²) in [6, 6.07) is 25.4. The Labute approximate surface area is 222 Å². The standard InChI is InChI=1S/C28H20ClN3O4S/c29-24-11-5-4-10-23(24)28(35)36-21-14-12-19(13-15-21)18-30-32-27(34)25(17-22-9-6-16-37-22)31-26(33)20-7-2-1-3-8-20/h1-18H,(H,31,33)(H,32,34)/b25-17-,30-18+. The molecule has 4 aromatic rings. The van der Waals surface area contributed by atoms with E-state index in [0.717, 1.165) is 4.88 Å². The first-order chi connectivity index (χ1) is 18.0. The zero-order valence-electron chi connectivity index (χ0n) is 19.3. The third-order valence-corrected chi connectivity index (χ3v) is 6.07. The predicted molar refractivity (Wildman–Crippen MR) is 145 cm³/mol. The van der Waals surface area contributed by atoms with Gasteiger partial charge in [0.05, 0.1) is 16.8 Å². The van der Waals surface area contributed by atoms with E-state index in [-0.39, 0.29) is 11.3 Å². The molecule has 0 bridgehead atoms. The fourth-order valence-corrected chi connectivity index (χ4v) is 3.96. The van der Waals surface area contributed by atoms with E-state index >= 15 is 0 Å². The number of benzene rings is 3. The number of carbonyl (C=O) groups is 3. The van der Waals surface area contributed by atoms with Gasteiger partial charge >= 0.3 is 5.97 Å². The lowest BCUT2D eigenvalue weighted by Crippen LogP contribution is -2.32. The molecule has 1 heterocycles. The van der Waals surface area contributed by atoms with E-state index in [2.05, 4.69) is 15.8 Å². The number of ether oxygens (including phenoxy) is 1. The maximum Gasteiger partial charge on any atom is 0.345 e. The minimum absolute atomic E-state index is 0.0512. The van der Waals surface area contributed by atoms with E-state index in [9.17, 15) is 14.4 Å². The van der Waals surface area contributed by atoms with Gasteiger partial charge in [-0.25, -0.2) is 10.2 Å². The second-order valence-electron chi connectivity index (χ2n) is 7.53. The van der Waals surface area contributed by atoms with Gasteiger partial charge in [0.25, 0.3) is 11.8 Å². The number of nitrogens with one attached hydrogen (secondary N) is 2. The highest BCUT2D eigenvalue weighted by Gasteiger charge is 2.15. The molecule has 4 rings (SSSR count). The van der Waals surface area contributed by atoms with Crippen LogP contribution in [0, 0.1) is 0 Å². The van der Waals surface area contributed by atoms with Crippen LogP contribution in [0.1, 0.15) is 31.2 Å². The highest BCUT2D eigenvalue weighted by molar-refractivity contribution is 7.10. The lowest BCUT2D eigenvalue weighted by atomic mass is 10.2. The summed E-state index contributed by atoms with van der Waals surface area (Å²) in [4.78, 5) is 38.5. The molecule has 3 aromatic carbocycles. The van der Waals surface area contributed by atoms with Crippen LogP contribution in [0.4, 0.5) is 0 Å². The fourth-order valence-electron chi connectivity index (χ4n) is 3.09. The van der Waals surface area contributed by atoms with Crippen molar-refractivity contribution >= 4 is 53.0 Å². The van der Waals surface area contributed by atoms with Crippen molar-refractivity contribution in [1.82, 2.24) is 10.7 Å². The number of carbonyl (C=O) groups excluding carboxylic acids is 3. The number of hydrogen-bond acceptors (Lipinski definition) is 6. The molecule has 0 atom stereocenters. The van der Waals surface area contributed by atoms with Crippen molar-refractivity contribution < 1.29 is 19.1 Å². The summed E-state index contributed by atoms with van der Waals surface area (Å²) in [6.45, 7) is 0. The van der Waals surface area contributed by atoms with Crippen LogP contribution < -0.4 is 15.5 Å². The Morgan fingerprint density at radius 1 is 0.865 bits per heavy atom. The second kappa shape index (κ2) is 12.4. The molecule has 0 saturated heterocycles. The molecule has 2 amide bonds. The molecule has 0 unspecified atom stereocenters. The molecule has 37 heavy (non-hydrogen) atoms. The summed E-state index contributed by atoms with van der Waals surface area (Å²) in [5.41, 5.74) is 3.82. The molecule has 1 aromatic heterocycles. The van der Waals surface area contributed by atoms with Gasteiger partial charge in [0.15, 0.2) is 0 Å². The van der Waals surface area contributed by atoms with E-state index < -0.39 is 17.8 Å². The minimum atomic E-state index is -0.584. The third-order valence-electron chi connectivity index (χ3n) is 4.92. The van der Waals surface area contributed by atoms with Crippen molar-refractivity contribution in [1.29, 1.82) is 0 Å². The van der Waals surface area contributed by atoms with Gasteiger partial charge in [0.1, 0.15) is 11.4 Å². The molecule has 184 valence electrons. The summed E-state index contributed by atoms with van der Waals surface area (Å²) in [6.07, 6.45) is 3.01. The highest BCUT2D eigenvalue weighted by Crippen LogP contribution is 2.19. The number of thiophene rings is 1. The molecule has 0 aliphatic carbocycles. The number of hydrazone groups is 1. The fraction of sp³-hybridized carbons (Fsp3) is 0. The van der Waals surface area contributed by atoms with E-state index in [0.29, 0.717) is 21.9 Å². The molecule has 0 spiro atoms. The molecule has 2 N–H and O–H groups in total. The van der Waals surface area contributed by atoms with E-state index in [1.54, 1.807) is 84.9 Å². The Morgan fingerprint density at radius 2 is 1.59 bits per heavy atom. The largest absolute Gasteiger partial charge is 0.423 e. The predicted octanol–water partition coefficient (Wildman–Crippen LogP) is 5.54. The van der Waals surface area contributed by atoms with Gasteiger partial charge in [-0.15, -0.1) is 11.3 Å². The van der Waals surface area contributed by atoms with Gasteiger partial charge in [0.2, 0.25) is 0 Å². The Morgan fingerprint density at radius 3 is 2.30 bits per heavy atom. The van der Waals surface area contributed by atoms with Gasteiger partial charge in [-0.3, -0.25) is 9.59 Å². The van der Waals surface area contributed by atoms with Crippen LogP contribution in [-0.4, -0.2) is 24.0 Å². The van der Waals surface area contributed by atoms with Gasteiger partial charge in [0, 0.05) is 10.4 Å². The van der Waals surface area contributed by atoms with Gasteiger partial charge in [-0.2, -0.15) is 5.10 Å². The Balaban J connectivity index is 1.39. The molecular weight excluding hydrogens is 510 g/mol. The lowest BCUT2D eigenvalue weighted by Gasteiger charge is -2.08. The van der Waals surface area contributed by atoms with Crippen molar-refractivity contribution in [2.75, 3.05) is 0 Å². The normalized spacial score (nSPS) is 11.2. The van der Waals surface area contributed by atoms with Crippen molar-refractivity contribution in [2.45, 2.75) is 0 Å². The van der Waals surface area contributed by atoms with Crippen LogP contribution in [0.2, 0.25) is 5.02 Å². The van der Waals surface area contributed by atoms with Crippen molar-refractivity contribution in [3.8, 4) is 5.75 Å². The number of amides is 2. The van der Waals surface area contributed by atoms with Crippen molar-refractivity contribution in [3.63, 3.8) is 0 Å². The zero-order chi connectivity index (χ0) is 26.0. The van der Waals surface area contributed by atoms with Crippen LogP contribution in [0.15, 0.2) is 107 Å². The number of rotatable bonds is 8. The van der Waals surface area contributed by atoms with Gasteiger partial charge < -0.3 is 10.1 Å².